The van der Waals surface area contributed by atoms with Crippen molar-refractivity contribution < 1.29 is 41.0 Å². The number of hydrogen-bond acceptors (Lipinski definition) is 5. The van der Waals surface area contributed by atoms with Crippen LogP contribution in [0, 0.1) is 24.4 Å². The summed E-state index contributed by atoms with van der Waals surface area (Å²) in [5.41, 5.74) is 3.55. The first-order valence-electron chi connectivity index (χ1n) is 17.8. The molecule has 282 valence electrons. The van der Waals surface area contributed by atoms with Crippen LogP contribution in [0.2, 0.25) is 0 Å². The second-order valence-corrected chi connectivity index (χ2v) is 16.9. The minimum Gasteiger partial charge on any atom is -0.488 e. The van der Waals surface area contributed by atoms with Crippen LogP contribution in [0.1, 0.15) is 94.1 Å². The third kappa shape index (κ3) is 7.85. The number of carbonyl (C=O) groups excluding carboxylic acids is 1. The van der Waals surface area contributed by atoms with Gasteiger partial charge in [-0.2, -0.15) is 4.31 Å². The first kappa shape index (κ1) is 37.8. The van der Waals surface area contributed by atoms with Gasteiger partial charge in [-0.1, -0.05) is 55.1 Å². The molecule has 0 atom stereocenters. The van der Waals surface area contributed by atoms with Gasteiger partial charge < -0.3 is 14.7 Å². The molecule has 3 aliphatic carbocycles. The minimum atomic E-state index is -5.15. The lowest BCUT2D eigenvalue weighted by atomic mass is 9.99. The summed E-state index contributed by atoms with van der Waals surface area (Å²) < 4.78 is 81.2. The van der Waals surface area contributed by atoms with Crippen molar-refractivity contribution in [3.8, 4) is 5.75 Å². The standard InChI is InChI=1S/C41H38BrF3N2O6S/c1-3-32-37(43)36(42)40(39(45)38(32)44)54(51,52)46(21-28-7-5-4-6-23(28)2)22-35(48)47(33-15-12-27(41(49)50)19-34(33)53-31-13-14-31)20-24-16-29(25-8-9-25)18-30(17-24)26-10-11-26/h3-7,12,15-19,25-26,31H,1,8-11,13-14,20-22H2,2H3,(H,49,50). The lowest BCUT2D eigenvalue weighted by Gasteiger charge is -2.30. The minimum absolute atomic E-state index is 0.0276. The van der Waals surface area contributed by atoms with Gasteiger partial charge in [-0.15, -0.1) is 0 Å². The molecule has 0 saturated heterocycles. The molecular formula is C41H38BrF3N2O6S. The van der Waals surface area contributed by atoms with E-state index >= 15 is 13.2 Å². The van der Waals surface area contributed by atoms with E-state index in [1.165, 1.54) is 23.1 Å². The van der Waals surface area contributed by atoms with Crippen LogP contribution in [-0.4, -0.2) is 42.4 Å². The van der Waals surface area contributed by atoms with E-state index in [1.54, 1.807) is 31.2 Å². The third-order valence-corrected chi connectivity index (χ3v) is 12.9. The van der Waals surface area contributed by atoms with Crippen LogP contribution in [0.4, 0.5) is 18.9 Å². The molecule has 3 fully saturated rings. The molecule has 0 unspecified atom stereocenters. The van der Waals surface area contributed by atoms with Crippen LogP contribution in [0.15, 0.2) is 76.6 Å². The van der Waals surface area contributed by atoms with Crippen molar-refractivity contribution >= 4 is 49.6 Å². The Bertz CT molecular complexity index is 2230. The number of hydrogen-bond donors (Lipinski definition) is 1. The highest BCUT2D eigenvalue weighted by Gasteiger charge is 2.38. The lowest BCUT2D eigenvalue weighted by Crippen LogP contribution is -2.43. The van der Waals surface area contributed by atoms with E-state index < -0.39 is 67.4 Å². The molecule has 13 heteroatoms. The molecule has 0 spiro atoms. The van der Waals surface area contributed by atoms with Gasteiger partial charge in [-0.3, -0.25) is 4.79 Å². The maximum absolute atomic E-state index is 15.7. The average molecular weight is 824 g/mol. The summed E-state index contributed by atoms with van der Waals surface area (Å²) in [6.07, 6.45) is 6.24. The van der Waals surface area contributed by atoms with Crippen molar-refractivity contribution in [2.24, 2.45) is 0 Å². The summed E-state index contributed by atoms with van der Waals surface area (Å²) in [6, 6.07) is 17.2. The van der Waals surface area contributed by atoms with Crippen molar-refractivity contribution in [2.75, 3.05) is 11.4 Å². The Labute approximate surface area is 320 Å². The molecule has 0 aliphatic heterocycles. The van der Waals surface area contributed by atoms with Gasteiger partial charge >= 0.3 is 5.97 Å². The Morgan fingerprint density at radius 1 is 0.907 bits per heavy atom. The van der Waals surface area contributed by atoms with Gasteiger partial charge in [0.2, 0.25) is 15.9 Å². The topological polar surface area (TPSA) is 104 Å². The van der Waals surface area contributed by atoms with E-state index in [1.807, 2.05) is 12.1 Å². The maximum Gasteiger partial charge on any atom is 0.335 e. The molecule has 54 heavy (non-hydrogen) atoms. The number of nitrogens with zero attached hydrogens (tertiary/aromatic N) is 2. The molecule has 0 bridgehead atoms. The fourth-order valence-corrected chi connectivity index (χ4v) is 9.05. The number of carboxylic acid groups (broad SMARTS) is 1. The van der Waals surface area contributed by atoms with Gasteiger partial charge in [-0.05, 0) is 119 Å². The molecule has 0 radical (unpaired) electrons. The first-order chi connectivity index (χ1) is 25.8. The molecule has 8 nitrogen and oxygen atoms in total. The highest BCUT2D eigenvalue weighted by Crippen LogP contribution is 2.46. The van der Waals surface area contributed by atoms with E-state index in [9.17, 15) is 23.1 Å². The Morgan fingerprint density at radius 2 is 1.56 bits per heavy atom. The second kappa shape index (κ2) is 15.0. The van der Waals surface area contributed by atoms with Crippen molar-refractivity contribution in [1.82, 2.24) is 4.31 Å². The number of carboxylic acids is 1. The second-order valence-electron chi connectivity index (χ2n) is 14.2. The number of sulfonamides is 1. The Kier molecular flexibility index (Phi) is 10.5. The normalized spacial score (nSPS) is 15.7. The first-order valence-corrected chi connectivity index (χ1v) is 20.0. The number of ether oxygens (including phenoxy) is 1. The zero-order valence-corrected chi connectivity index (χ0v) is 31.9. The Morgan fingerprint density at radius 3 is 2.13 bits per heavy atom. The monoisotopic (exact) mass is 822 g/mol. The summed E-state index contributed by atoms with van der Waals surface area (Å²) in [5.74, 6) is -5.94. The molecule has 3 aliphatic rings. The molecular weight excluding hydrogens is 785 g/mol. The fourth-order valence-electron chi connectivity index (χ4n) is 6.56. The van der Waals surface area contributed by atoms with E-state index in [0.29, 0.717) is 27.3 Å². The zero-order chi connectivity index (χ0) is 38.5. The molecule has 1 amide bonds. The molecule has 4 aromatic rings. The average Bonchev–Trinajstić information content (AvgIpc) is 3.98. The smallest absolute Gasteiger partial charge is 0.335 e. The van der Waals surface area contributed by atoms with Crippen LogP contribution < -0.4 is 9.64 Å². The summed E-state index contributed by atoms with van der Waals surface area (Å²) >= 11 is 2.85. The Balaban J connectivity index is 1.35. The summed E-state index contributed by atoms with van der Waals surface area (Å²) in [5, 5.41) is 9.80. The zero-order valence-electron chi connectivity index (χ0n) is 29.5. The molecule has 0 heterocycles. The van der Waals surface area contributed by atoms with E-state index in [0.717, 1.165) is 61.3 Å². The van der Waals surface area contributed by atoms with Gasteiger partial charge in [0.1, 0.15) is 16.5 Å². The largest absolute Gasteiger partial charge is 0.488 e. The highest BCUT2D eigenvalue weighted by atomic mass is 79.9. The van der Waals surface area contributed by atoms with Gasteiger partial charge in [0.15, 0.2) is 11.6 Å². The van der Waals surface area contributed by atoms with Gasteiger partial charge in [0, 0.05) is 12.1 Å². The van der Waals surface area contributed by atoms with E-state index in [-0.39, 0.29) is 29.6 Å². The number of carbonyl (C=O) groups is 2. The third-order valence-electron chi connectivity index (χ3n) is 10.1. The van der Waals surface area contributed by atoms with Gasteiger partial charge in [0.05, 0.1) is 34.9 Å². The molecule has 3 saturated carbocycles. The molecule has 4 aromatic carbocycles. The van der Waals surface area contributed by atoms with Crippen LogP contribution in [0.3, 0.4) is 0 Å². The van der Waals surface area contributed by atoms with Gasteiger partial charge in [0.25, 0.3) is 0 Å². The SMILES string of the molecule is C=Cc1c(F)c(F)c(S(=O)(=O)N(CC(=O)N(Cc2cc(C3CC3)cc(C3CC3)c2)c2ccc(C(=O)O)cc2OC2CC2)Cc2ccccc2C)c(Br)c1F. The lowest BCUT2D eigenvalue weighted by molar-refractivity contribution is -0.119. The van der Waals surface area contributed by atoms with E-state index in [4.69, 9.17) is 4.74 Å². The van der Waals surface area contributed by atoms with E-state index in [2.05, 4.69) is 28.6 Å². The fraction of sp³-hybridized carbons (Fsp3) is 0.317. The van der Waals surface area contributed by atoms with Crippen molar-refractivity contribution in [1.29, 1.82) is 0 Å². The highest BCUT2D eigenvalue weighted by molar-refractivity contribution is 9.10. The number of aromatic carboxylic acids is 1. The van der Waals surface area contributed by atoms with Crippen molar-refractivity contribution in [3.63, 3.8) is 0 Å². The quantitative estimate of drug-likeness (QED) is 0.120. The van der Waals surface area contributed by atoms with Crippen LogP contribution in [0.25, 0.3) is 6.08 Å². The van der Waals surface area contributed by atoms with Crippen molar-refractivity contribution in [3.05, 3.63) is 128 Å². The summed E-state index contributed by atoms with van der Waals surface area (Å²) in [7, 11) is -5.15. The summed E-state index contributed by atoms with van der Waals surface area (Å²) in [4.78, 5) is 26.9. The maximum atomic E-state index is 15.7. The molecule has 1 N–H and O–H groups in total. The number of halogens is 4. The van der Waals surface area contributed by atoms with Crippen molar-refractivity contribution in [2.45, 2.75) is 81.4 Å². The van der Waals surface area contributed by atoms with Crippen LogP contribution in [-0.2, 0) is 27.9 Å². The van der Waals surface area contributed by atoms with Crippen LogP contribution in [0.5, 0.6) is 5.75 Å². The number of rotatable bonds is 15. The number of amides is 1. The molecule has 7 rings (SSSR count). The van der Waals surface area contributed by atoms with Gasteiger partial charge in [-0.25, -0.2) is 26.4 Å². The number of benzene rings is 4. The number of aryl methyl sites for hydroxylation is 1. The summed E-state index contributed by atoms with van der Waals surface area (Å²) in [6.45, 7) is 3.69. The van der Waals surface area contributed by atoms with Crippen LogP contribution >= 0.6 is 15.9 Å². The predicted octanol–water partition coefficient (Wildman–Crippen LogP) is 9.24. The molecule has 0 aromatic heterocycles. The predicted molar refractivity (Wildman–Crippen MR) is 202 cm³/mol. The number of anilines is 1. The Hall–Kier alpha value is -4.46.